The minimum Gasteiger partial charge on any atom is -0.497 e. The molecule has 2 aliphatic rings. The molecular weight excluding hydrogens is 262 g/mol. The van der Waals surface area contributed by atoms with Gasteiger partial charge in [0.05, 0.1) is 18.8 Å². The van der Waals surface area contributed by atoms with E-state index in [2.05, 4.69) is 4.90 Å². The van der Waals surface area contributed by atoms with E-state index in [4.69, 9.17) is 4.74 Å². The maximum Gasteiger partial charge on any atom is 0.119 e. The zero-order valence-electron chi connectivity index (χ0n) is 13.1. The lowest BCUT2D eigenvalue weighted by atomic mass is 9.83. The molecule has 0 amide bonds. The topological polar surface area (TPSA) is 32.7 Å². The molecule has 116 valence electrons. The van der Waals surface area contributed by atoms with E-state index in [0.29, 0.717) is 0 Å². The third-order valence-electron chi connectivity index (χ3n) is 5.37. The molecule has 0 bridgehead atoms. The van der Waals surface area contributed by atoms with Crippen LogP contribution in [0.15, 0.2) is 24.3 Å². The van der Waals surface area contributed by atoms with Crippen molar-refractivity contribution in [1.29, 1.82) is 0 Å². The number of aliphatic hydroxyl groups excluding tert-OH is 1. The molecular formula is C18H27NO2. The Morgan fingerprint density at radius 3 is 2.48 bits per heavy atom. The van der Waals surface area contributed by atoms with Gasteiger partial charge in [0.1, 0.15) is 5.75 Å². The molecule has 3 rings (SSSR count). The Morgan fingerprint density at radius 1 is 1.10 bits per heavy atom. The van der Waals surface area contributed by atoms with Crippen LogP contribution in [0.3, 0.4) is 0 Å². The minimum absolute atomic E-state index is 0.0488. The Morgan fingerprint density at radius 2 is 1.81 bits per heavy atom. The summed E-state index contributed by atoms with van der Waals surface area (Å²) in [7, 11) is 1.68. The van der Waals surface area contributed by atoms with Crippen LogP contribution in [0.1, 0.15) is 56.6 Å². The standard InChI is InChI=1S/C18H27NO2/c1-21-16-9-7-8-15(14-16)17(20)18(10-3-4-11-18)19-12-5-2-6-13-19/h7-9,14,17,20H,2-6,10-13H2,1H3. The fourth-order valence-corrected chi connectivity index (χ4v) is 4.21. The number of rotatable bonds is 4. The Bertz CT molecular complexity index is 462. The van der Waals surface area contributed by atoms with Crippen molar-refractivity contribution in [2.75, 3.05) is 20.2 Å². The molecule has 21 heavy (non-hydrogen) atoms. The maximum absolute atomic E-state index is 11.1. The van der Waals surface area contributed by atoms with Gasteiger partial charge in [0.25, 0.3) is 0 Å². The van der Waals surface area contributed by atoms with Gasteiger partial charge in [0, 0.05) is 0 Å². The van der Waals surface area contributed by atoms with Gasteiger partial charge in [0.15, 0.2) is 0 Å². The van der Waals surface area contributed by atoms with Crippen molar-refractivity contribution in [2.45, 2.75) is 56.6 Å². The van der Waals surface area contributed by atoms with Crippen molar-refractivity contribution in [3.63, 3.8) is 0 Å². The predicted molar refractivity (Wildman–Crippen MR) is 84.6 cm³/mol. The third kappa shape index (κ3) is 2.82. The van der Waals surface area contributed by atoms with E-state index >= 15 is 0 Å². The fourth-order valence-electron chi connectivity index (χ4n) is 4.21. The highest BCUT2D eigenvalue weighted by Crippen LogP contribution is 2.45. The molecule has 0 aromatic heterocycles. The molecule has 1 aliphatic carbocycles. The number of methoxy groups -OCH3 is 1. The van der Waals surface area contributed by atoms with Gasteiger partial charge in [0.2, 0.25) is 0 Å². The summed E-state index contributed by atoms with van der Waals surface area (Å²) in [6, 6.07) is 7.96. The zero-order valence-corrected chi connectivity index (χ0v) is 13.1. The molecule has 2 fully saturated rings. The van der Waals surface area contributed by atoms with Crippen LogP contribution in [0.25, 0.3) is 0 Å². The highest BCUT2D eigenvalue weighted by Gasteiger charge is 2.46. The SMILES string of the molecule is COc1cccc(C(O)C2(N3CCCCC3)CCCC2)c1. The summed E-state index contributed by atoms with van der Waals surface area (Å²) < 4.78 is 5.32. The summed E-state index contributed by atoms with van der Waals surface area (Å²) in [5.74, 6) is 0.832. The second-order valence-electron chi connectivity index (χ2n) is 6.54. The van der Waals surface area contributed by atoms with E-state index in [1.807, 2.05) is 24.3 Å². The number of hydrogen-bond acceptors (Lipinski definition) is 3. The van der Waals surface area contributed by atoms with E-state index in [0.717, 1.165) is 37.2 Å². The number of piperidine rings is 1. The molecule has 1 atom stereocenters. The van der Waals surface area contributed by atoms with E-state index in [9.17, 15) is 5.11 Å². The van der Waals surface area contributed by atoms with E-state index in [1.54, 1.807) is 7.11 Å². The quantitative estimate of drug-likeness (QED) is 0.920. The monoisotopic (exact) mass is 289 g/mol. The minimum atomic E-state index is -0.409. The van der Waals surface area contributed by atoms with Crippen molar-refractivity contribution >= 4 is 0 Å². The summed E-state index contributed by atoms with van der Waals surface area (Å²) in [5, 5.41) is 11.1. The van der Waals surface area contributed by atoms with Gasteiger partial charge < -0.3 is 9.84 Å². The van der Waals surface area contributed by atoms with Gasteiger partial charge in [-0.2, -0.15) is 0 Å². The molecule has 3 heteroatoms. The summed E-state index contributed by atoms with van der Waals surface area (Å²) in [6.07, 6.45) is 8.17. The molecule has 1 aromatic rings. The van der Waals surface area contributed by atoms with Crippen molar-refractivity contribution in [3.8, 4) is 5.75 Å². The lowest BCUT2D eigenvalue weighted by Gasteiger charge is -2.46. The predicted octanol–water partition coefficient (Wildman–Crippen LogP) is 3.53. The molecule has 1 saturated heterocycles. The first-order valence-corrected chi connectivity index (χ1v) is 8.33. The van der Waals surface area contributed by atoms with Crippen LogP contribution in [-0.2, 0) is 0 Å². The average Bonchev–Trinajstić information content (AvgIpc) is 3.06. The lowest BCUT2D eigenvalue weighted by Crippen LogP contribution is -2.53. The van der Waals surface area contributed by atoms with Gasteiger partial charge in [-0.15, -0.1) is 0 Å². The number of nitrogens with zero attached hydrogens (tertiary/aromatic N) is 1. The highest BCUT2D eigenvalue weighted by atomic mass is 16.5. The van der Waals surface area contributed by atoms with Crippen molar-refractivity contribution < 1.29 is 9.84 Å². The summed E-state index contributed by atoms with van der Waals surface area (Å²) >= 11 is 0. The normalized spacial score (nSPS) is 23.9. The number of benzene rings is 1. The van der Waals surface area contributed by atoms with Crippen molar-refractivity contribution in [3.05, 3.63) is 29.8 Å². The van der Waals surface area contributed by atoms with Gasteiger partial charge >= 0.3 is 0 Å². The molecule has 1 aromatic carbocycles. The van der Waals surface area contributed by atoms with E-state index < -0.39 is 6.10 Å². The molecule has 1 heterocycles. The van der Waals surface area contributed by atoms with Crippen LogP contribution in [0.2, 0.25) is 0 Å². The lowest BCUT2D eigenvalue weighted by molar-refractivity contribution is -0.0405. The van der Waals surface area contributed by atoms with Crippen LogP contribution >= 0.6 is 0 Å². The van der Waals surface area contributed by atoms with Crippen LogP contribution in [0, 0.1) is 0 Å². The Hall–Kier alpha value is -1.06. The fraction of sp³-hybridized carbons (Fsp3) is 0.667. The van der Waals surface area contributed by atoms with Gasteiger partial charge in [-0.25, -0.2) is 0 Å². The third-order valence-corrected chi connectivity index (χ3v) is 5.37. The first-order chi connectivity index (χ1) is 10.3. The maximum atomic E-state index is 11.1. The number of aliphatic hydroxyl groups is 1. The molecule has 1 unspecified atom stereocenters. The Kier molecular flexibility index (Phi) is 4.51. The van der Waals surface area contributed by atoms with Crippen LogP contribution in [-0.4, -0.2) is 35.7 Å². The number of hydrogen-bond donors (Lipinski definition) is 1. The second-order valence-corrected chi connectivity index (χ2v) is 6.54. The zero-order chi connectivity index (χ0) is 14.7. The van der Waals surface area contributed by atoms with Gasteiger partial charge in [-0.1, -0.05) is 31.4 Å². The van der Waals surface area contributed by atoms with Crippen LogP contribution < -0.4 is 4.74 Å². The average molecular weight is 289 g/mol. The number of likely N-dealkylation sites (tertiary alicyclic amines) is 1. The summed E-state index contributed by atoms with van der Waals surface area (Å²) in [6.45, 7) is 2.28. The summed E-state index contributed by atoms with van der Waals surface area (Å²) in [4.78, 5) is 2.58. The molecule has 1 saturated carbocycles. The van der Waals surface area contributed by atoms with E-state index in [-0.39, 0.29) is 5.54 Å². The van der Waals surface area contributed by atoms with Crippen LogP contribution in [0.5, 0.6) is 5.75 Å². The summed E-state index contributed by atoms with van der Waals surface area (Å²) in [5.41, 5.74) is 0.953. The van der Waals surface area contributed by atoms with Crippen molar-refractivity contribution in [1.82, 2.24) is 4.90 Å². The molecule has 1 aliphatic heterocycles. The smallest absolute Gasteiger partial charge is 0.119 e. The second kappa shape index (κ2) is 6.37. The molecule has 0 radical (unpaired) electrons. The number of ether oxygens (including phenoxy) is 1. The Balaban J connectivity index is 1.88. The first kappa shape index (κ1) is 14.9. The molecule has 1 N–H and O–H groups in total. The van der Waals surface area contributed by atoms with Crippen LogP contribution in [0.4, 0.5) is 0 Å². The van der Waals surface area contributed by atoms with Gasteiger partial charge in [-0.3, -0.25) is 4.90 Å². The van der Waals surface area contributed by atoms with Crippen molar-refractivity contribution in [2.24, 2.45) is 0 Å². The molecule has 0 spiro atoms. The first-order valence-electron chi connectivity index (χ1n) is 8.33. The molecule has 3 nitrogen and oxygen atoms in total. The largest absolute Gasteiger partial charge is 0.497 e. The van der Waals surface area contributed by atoms with E-state index in [1.165, 1.54) is 32.1 Å². The highest BCUT2D eigenvalue weighted by molar-refractivity contribution is 5.32. The van der Waals surface area contributed by atoms with Gasteiger partial charge in [-0.05, 0) is 56.5 Å². The Labute approximate surface area is 127 Å².